The van der Waals surface area contributed by atoms with Crippen molar-refractivity contribution in [3.05, 3.63) is 0 Å². The third-order valence-electron chi connectivity index (χ3n) is 4.27. The predicted octanol–water partition coefficient (Wildman–Crippen LogP) is 1.76. The number of nitrogens with zero attached hydrogens (tertiary/aromatic N) is 3. The van der Waals surface area contributed by atoms with Crippen LogP contribution in [0.3, 0.4) is 0 Å². The molecule has 0 aromatic carbocycles. The van der Waals surface area contributed by atoms with Crippen molar-refractivity contribution in [2.75, 3.05) is 66.5 Å². The van der Waals surface area contributed by atoms with E-state index in [0.29, 0.717) is 6.10 Å². The monoisotopic (exact) mass is 285 g/mol. The Morgan fingerprint density at radius 1 is 1.10 bits per heavy atom. The van der Waals surface area contributed by atoms with E-state index in [2.05, 4.69) is 42.6 Å². The Hall–Kier alpha value is -0.160. The Morgan fingerprint density at radius 3 is 2.40 bits per heavy atom. The summed E-state index contributed by atoms with van der Waals surface area (Å²) >= 11 is 0. The van der Waals surface area contributed by atoms with Crippen LogP contribution < -0.4 is 0 Å². The average Bonchev–Trinajstić information content (AvgIpc) is 2.45. The first kappa shape index (κ1) is 17.9. The van der Waals surface area contributed by atoms with Gasteiger partial charge < -0.3 is 19.4 Å². The van der Waals surface area contributed by atoms with Gasteiger partial charge in [0.25, 0.3) is 0 Å². The number of hydrogen-bond acceptors (Lipinski definition) is 4. The number of likely N-dealkylation sites (N-methyl/N-ethyl adjacent to an activating group) is 1. The molecule has 0 spiro atoms. The van der Waals surface area contributed by atoms with Gasteiger partial charge in [-0.15, -0.1) is 0 Å². The fourth-order valence-corrected chi connectivity index (χ4v) is 2.48. The quantitative estimate of drug-likeness (QED) is 0.569. The smallest absolute Gasteiger partial charge is 0.0544 e. The van der Waals surface area contributed by atoms with Crippen LogP contribution in [0.15, 0.2) is 0 Å². The molecular weight excluding hydrogens is 250 g/mol. The normalized spacial score (nSPS) is 19.6. The molecular formula is C16H35N3O. The van der Waals surface area contributed by atoms with Gasteiger partial charge in [-0.05, 0) is 53.4 Å². The molecule has 4 nitrogen and oxygen atoms in total. The van der Waals surface area contributed by atoms with Crippen LogP contribution >= 0.6 is 0 Å². The molecule has 0 aromatic rings. The third kappa shape index (κ3) is 8.20. The fourth-order valence-electron chi connectivity index (χ4n) is 2.48. The van der Waals surface area contributed by atoms with Gasteiger partial charge in [-0.3, -0.25) is 0 Å². The van der Waals surface area contributed by atoms with Crippen molar-refractivity contribution in [1.29, 1.82) is 0 Å². The lowest BCUT2D eigenvalue weighted by Gasteiger charge is -2.32. The van der Waals surface area contributed by atoms with E-state index in [1.165, 1.54) is 45.7 Å². The predicted molar refractivity (Wildman–Crippen MR) is 86.4 cm³/mol. The molecule has 0 aromatic heterocycles. The van der Waals surface area contributed by atoms with Crippen LogP contribution in [0.5, 0.6) is 0 Å². The van der Waals surface area contributed by atoms with E-state index >= 15 is 0 Å². The molecule has 0 bridgehead atoms. The Morgan fingerprint density at radius 2 is 1.75 bits per heavy atom. The van der Waals surface area contributed by atoms with Gasteiger partial charge in [0.2, 0.25) is 0 Å². The van der Waals surface area contributed by atoms with Crippen LogP contribution in [-0.4, -0.2) is 87.3 Å². The summed E-state index contributed by atoms with van der Waals surface area (Å²) in [5.41, 5.74) is 0. The van der Waals surface area contributed by atoms with E-state index in [9.17, 15) is 0 Å². The van der Waals surface area contributed by atoms with Crippen molar-refractivity contribution in [2.24, 2.45) is 0 Å². The summed E-state index contributed by atoms with van der Waals surface area (Å²) in [5.74, 6) is 0. The molecule has 1 heterocycles. The van der Waals surface area contributed by atoms with Crippen molar-refractivity contribution in [3.63, 3.8) is 0 Å². The first-order chi connectivity index (χ1) is 9.61. The Bertz CT molecular complexity index is 230. The minimum Gasteiger partial charge on any atom is -0.378 e. The Kier molecular flexibility index (Phi) is 9.44. The van der Waals surface area contributed by atoms with Gasteiger partial charge in [-0.2, -0.15) is 0 Å². The maximum absolute atomic E-state index is 5.71. The topological polar surface area (TPSA) is 19.0 Å². The molecule has 120 valence electrons. The summed E-state index contributed by atoms with van der Waals surface area (Å²) in [4.78, 5) is 7.45. The largest absolute Gasteiger partial charge is 0.378 e. The Labute approximate surface area is 126 Å². The lowest BCUT2D eigenvalue weighted by molar-refractivity contribution is 0.0575. The molecule has 1 saturated heterocycles. The molecule has 0 saturated carbocycles. The zero-order valence-corrected chi connectivity index (χ0v) is 14.1. The van der Waals surface area contributed by atoms with Gasteiger partial charge in [0.15, 0.2) is 0 Å². The molecule has 20 heavy (non-hydrogen) atoms. The highest BCUT2D eigenvalue weighted by molar-refractivity contribution is 4.69. The summed E-state index contributed by atoms with van der Waals surface area (Å²) < 4.78 is 5.71. The second-order valence-electron chi connectivity index (χ2n) is 6.24. The molecule has 1 aliphatic heterocycles. The lowest BCUT2D eigenvalue weighted by atomic mass is 10.3. The molecule has 1 fully saturated rings. The van der Waals surface area contributed by atoms with E-state index in [1.807, 2.05) is 0 Å². The summed E-state index contributed by atoms with van der Waals surface area (Å²) in [7, 11) is 4.44. The lowest BCUT2D eigenvalue weighted by Crippen LogP contribution is -2.45. The summed E-state index contributed by atoms with van der Waals surface area (Å²) in [5, 5.41) is 0. The molecule has 1 aliphatic rings. The van der Waals surface area contributed by atoms with Gasteiger partial charge >= 0.3 is 0 Å². The summed E-state index contributed by atoms with van der Waals surface area (Å²) in [6.45, 7) is 13.8. The maximum atomic E-state index is 5.71. The Balaban J connectivity index is 1.93. The molecule has 4 heteroatoms. The summed E-state index contributed by atoms with van der Waals surface area (Å²) in [6.07, 6.45) is 3.96. The van der Waals surface area contributed by atoms with Gasteiger partial charge in [-0.1, -0.05) is 6.92 Å². The second-order valence-corrected chi connectivity index (χ2v) is 6.24. The molecule has 1 unspecified atom stereocenters. The number of ether oxygens (including phenoxy) is 1. The minimum absolute atomic E-state index is 0.414. The van der Waals surface area contributed by atoms with Crippen LogP contribution in [0.4, 0.5) is 0 Å². The van der Waals surface area contributed by atoms with Crippen molar-refractivity contribution >= 4 is 0 Å². The zero-order valence-electron chi connectivity index (χ0n) is 14.1. The van der Waals surface area contributed by atoms with Crippen LogP contribution in [0.25, 0.3) is 0 Å². The fraction of sp³-hybridized carbons (Fsp3) is 1.00. The molecule has 0 radical (unpaired) electrons. The van der Waals surface area contributed by atoms with E-state index in [0.717, 1.165) is 26.0 Å². The maximum Gasteiger partial charge on any atom is 0.0544 e. The minimum atomic E-state index is 0.414. The van der Waals surface area contributed by atoms with E-state index in [1.54, 1.807) is 0 Å². The highest BCUT2D eigenvalue weighted by atomic mass is 16.5. The SMILES string of the molecule is CCC(C)OCCCN(C)CCCN1CCN(C)CC1. The first-order valence-electron chi connectivity index (χ1n) is 8.33. The first-order valence-corrected chi connectivity index (χ1v) is 8.33. The standard InChI is InChI=1S/C16H35N3O/c1-5-16(2)20-15-7-9-17(3)8-6-10-19-13-11-18(4)12-14-19/h16H,5-15H2,1-4H3. The van der Waals surface area contributed by atoms with Crippen molar-refractivity contribution < 1.29 is 4.74 Å². The molecule has 0 amide bonds. The average molecular weight is 285 g/mol. The van der Waals surface area contributed by atoms with Crippen molar-refractivity contribution in [3.8, 4) is 0 Å². The van der Waals surface area contributed by atoms with Crippen molar-refractivity contribution in [1.82, 2.24) is 14.7 Å². The number of hydrogen-bond donors (Lipinski definition) is 0. The third-order valence-corrected chi connectivity index (χ3v) is 4.27. The van der Waals surface area contributed by atoms with E-state index < -0.39 is 0 Å². The highest BCUT2D eigenvalue weighted by Crippen LogP contribution is 2.01. The second kappa shape index (κ2) is 10.6. The molecule has 0 N–H and O–H groups in total. The summed E-state index contributed by atoms with van der Waals surface area (Å²) in [6, 6.07) is 0. The van der Waals surface area contributed by atoms with Gasteiger partial charge in [0.1, 0.15) is 0 Å². The van der Waals surface area contributed by atoms with Gasteiger partial charge in [-0.25, -0.2) is 0 Å². The molecule has 1 atom stereocenters. The van der Waals surface area contributed by atoms with E-state index in [-0.39, 0.29) is 0 Å². The van der Waals surface area contributed by atoms with Crippen LogP contribution in [0, 0.1) is 0 Å². The highest BCUT2D eigenvalue weighted by Gasteiger charge is 2.13. The molecule has 0 aliphatic carbocycles. The van der Waals surface area contributed by atoms with Crippen molar-refractivity contribution in [2.45, 2.75) is 39.2 Å². The van der Waals surface area contributed by atoms with E-state index in [4.69, 9.17) is 4.74 Å². The van der Waals surface area contributed by atoms with Crippen LogP contribution in [-0.2, 0) is 4.74 Å². The van der Waals surface area contributed by atoms with Crippen LogP contribution in [0.2, 0.25) is 0 Å². The van der Waals surface area contributed by atoms with Gasteiger partial charge in [0.05, 0.1) is 6.10 Å². The number of piperazine rings is 1. The molecule has 1 rings (SSSR count). The number of rotatable bonds is 10. The van der Waals surface area contributed by atoms with Gasteiger partial charge in [0, 0.05) is 39.3 Å². The zero-order chi connectivity index (χ0) is 14.8. The van der Waals surface area contributed by atoms with Crippen LogP contribution in [0.1, 0.15) is 33.1 Å².